The van der Waals surface area contributed by atoms with Crippen LogP contribution in [0.15, 0.2) is 0 Å². The molecule has 0 fully saturated rings. The van der Waals surface area contributed by atoms with Crippen molar-refractivity contribution in [3.05, 3.63) is 0 Å². The van der Waals surface area contributed by atoms with Crippen LogP contribution in [0.25, 0.3) is 0 Å². The van der Waals surface area contributed by atoms with E-state index in [0.29, 0.717) is 5.04 Å². The lowest BCUT2D eigenvalue weighted by molar-refractivity contribution is 0.217. The molecule has 0 saturated carbocycles. The lowest BCUT2D eigenvalue weighted by Gasteiger charge is -2.36. The van der Waals surface area contributed by atoms with Crippen LogP contribution in [0.2, 0.25) is 37.8 Å². The second kappa shape index (κ2) is 10.8. The van der Waals surface area contributed by atoms with Crippen LogP contribution in [0.3, 0.4) is 0 Å². The fraction of sp³-hybridized carbons (Fsp3) is 0.900. The van der Waals surface area contributed by atoms with Crippen LogP contribution < -0.4 is 0 Å². The third-order valence-electron chi connectivity index (χ3n) is 4.75. The number of unbranched alkanes of at least 4 members (excludes halogenated alkanes) is 5. The molecule has 0 heterocycles. The number of hydrogen-bond acceptors (Lipinski definition) is 2. The lowest BCUT2D eigenvalue weighted by atomic mass is 10.1. The molecule has 142 valence electrons. The molecule has 0 aromatic carbocycles. The van der Waals surface area contributed by atoms with Gasteiger partial charge in [-0.05, 0) is 37.4 Å². The molecule has 24 heavy (non-hydrogen) atoms. The number of hydrogen-bond donors (Lipinski definition) is 1. The molecule has 0 radical (unpaired) electrons. The normalized spacial score (nSPS) is 14.2. The molecule has 1 atom stereocenters. The second-order valence-corrected chi connectivity index (χ2v) is 19.1. The Kier molecular flexibility index (Phi) is 10.8. The van der Waals surface area contributed by atoms with Gasteiger partial charge in [0.25, 0.3) is 0 Å². The first-order chi connectivity index (χ1) is 10.9. The van der Waals surface area contributed by atoms with Gasteiger partial charge in [0.05, 0.1) is 0 Å². The topological polar surface area (TPSA) is 29.5 Å². The Balaban J connectivity index is 3.60. The Labute approximate surface area is 153 Å². The highest BCUT2D eigenvalue weighted by molar-refractivity contribution is 6.83. The van der Waals surface area contributed by atoms with E-state index < -0.39 is 22.5 Å². The van der Waals surface area contributed by atoms with E-state index in [1.807, 2.05) is 0 Å². The number of aliphatic hydroxyl groups is 1. The quantitative estimate of drug-likeness (QED) is 0.291. The summed E-state index contributed by atoms with van der Waals surface area (Å²) in [6.07, 6.45) is 7.66. The van der Waals surface area contributed by atoms with Gasteiger partial charge in [-0.1, -0.05) is 72.0 Å². The van der Waals surface area contributed by atoms with Crippen LogP contribution in [-0.2, 0) is 4.43 Å². The highest BCUT2D eigenvalue weighted by Gasteiger charge is 2.36. The summed E-state index contributed by atoms with van der Waals surface area (Å²) in [6, 6.07) is 0. The second-order valence-electron chi connectivity index (χ2n) is 9.55. The summed E-state index contributed by atoms with van der Waals surface area (Å²) < 4.78 is 6.20. The average Bonchev–Trinajstić information content (AvgIpc) is 2.41. The van der Waals surface area contributed by atoms with Crippen LogP contribution in [0.1, 0.15) is 65.7 Å². The minimum atomic E-state index is -1.56. The predicted molar refractivity (Wildman–Crippen MR) is 113 cm³/mol. The van der Waals surface area contributed by atoms with Gasteiger partial charge in [0.2, 0.25) is 0 Å². The monoisotopic (exact) mass is 370 g/mol. The van der Waals surface area contributed by atoms with E-state index >= 15 is 0 Å². The Hall–Kier alpha value is -0.0862. The summed E-state index contributed by atoms with van der Waals surface area (Å²) in [7, 11) is -2.91. The molecule has 0 bridgehead atoms. The van der Waals surface area contributed by atoms with Gasteiger partial charge >= 0.3 is 0 Å². The van der Waals surface area contributed by atoms with Gasteiger partial charge in [0.1, 0.15) is 14.2 Å². The Morgan fingerprint density at radius 3 is 1.88 bits per heavy atom. The SMILES string of the molecule is CC(C)(C)[Si](C)(C)OCCCCCCCC[C@H](O)C#C[Si](C)(C)C. The van der Waals surface area contributed by atoms with Gasteiger partial charge in [-0.15, -0.1) is 5.54 Å². The third-order valence-corrected chi connectivity index (χ3v) is 10.2. The van der Waals surface area contributed by atoms with Gasteiger partial charge in [-0.3, -0.25) is 0 Å². The van der Waals surface area contributed by atoms with Gasteiger partial charge in [-0.2, -0.15) is 0 Å². The predicted octanol–water partition coefficient (Wildman–Crippen LogP) is 5.98. The van der Waals surface area contributed by atoms with E-state index in [2.05, 4.69) is 65.0 Å². The van der Waals surface area contributed by atoms with Gasteiger partial charge in [-0.25, -0.2) is 0 Å². The summed E-state index contributed by atoms with van der Waals surface area (Å²) in [5.41, 5.74) is 3.25. The zero-order valence-corrected chi connectivity index (χ0v) is 19.6. The Morgan fingerprint density at radius 1 is 0.875 bits per heavy atom. The fourth-order valence-corrected chi connectivity index (χ4v) is 3.75. The maximum Gasteiger partial charge on any atom is 0.191 e. The molecule has 0 saturated heterocycles. The van der Waals surface area contributed by atoms with Crippen molar-refractivity contribution in [2.24, 2.45) is 0 Å². The molecule has 0 amide bonds. The van der Waals surface area contributed by atoms with Crippen molar-refractivity contribution >= 4 is 16.4 Å². The zero-order valence-electron chi connectivity index (χ0n) is 17.6. The maximum atomic E-state index is 9.86. The third kappa shape index (κ3) is 12.3. The van der Waals surface area contributed by atoms with E-state index in [0.717, 1.165) is 19.4 Å². The van der Waals surface area contributed by atoms with Crippen LogP contribution in [-0.4, -0.2) is 34.2 Å². The molecule has 0 rings (SSSR count). The zero-order chi connectivity index (χ0) is 18.9. The fourth-order valence-electron chi connectivity index (χ4n) is 2.06. The van der Waals surface area contributed by atoms with Crippen LogP contribution in [0, 0.1) is 11.5 Å². The standard InChI is InChI=1S/C20H42O2Si2/c1-20(2,3)24(7,8)22-17-14-12-10-9-11-13-15-19(21)16-18-23(4,5)6/h19,21H,9-15,17H2,1-8H3/t19-/m0/s1. The molecule has 0 aromatic heterocycles. The first kappa shape index (κ1) is 23.9. The summed E-state index contributed by atoms with van der Waals surface area (Å²) in [4.78, 5) is 0. The molecule has 4 heteroatoms. The highest BCUT2D eigenvalue weighted by Crippen LogP contribution is 2.36. The van der Waals surface area contributed by atoms with E-state index in [-0.39, 0.29) is 0 Å². The minimum absolute atomic E-state index is 0.312. The number of aliphatic hydroxyl groups excluding tert-OH is 1. The largest absolute Gasteiger partial charge is 0.417 e. The van der Waals surface area contributed by atoms with Gasteiger partial charge in [0, 0.05) is 6.61 Å². The summed E-state index contributed by atoms with van der Waals surface area (Å²) in [5, 5.41) is 10.2. The highest BCUT2D eigenvalue weighted by atomic mass is 28.4. The van der Waals surface area contributed by atoms with Crippen molar-refractivity contribution in [3.8, 4) is 11.5 Å². The van der Waals surface area contributed by atoms with Crippen molar-refractivity contribution in [1.29, 1.82) is 0 Å². The van der Waals surface area contributed by atoms with E-state index in [1.165, 1.54) is 32.1 Å². The summed E-state index contributed by atoms with van der Waals surface area (Å²) in [5.74, 6) is 3.02. The van der Waals surface area contributed by atoms with Gasteiger partial charge < -0.3 is 9.53 Å². The van der Waals surface area contributed by atoms with Crippen molar-refractivity contribution < 1.29 is 9.53 Å². The van der Waals surface area contributed by atoms with E-state index in [1.54, 1.807) is 0 Å². The van der Waals surface area contributed by atoms with Crippen LogP contribution in [0.4, 0.5) is 0 Å². The van der Waals surface area contributed by atoms with E-state index in [9.17, 15) is 5.11 Å². The molecule has 0 aromatic rings. The van der Waals surface area contributed by atoms with Crippen molar-refractivity contribution in [1.82, 2.24) is 0 Å². The smallest absolute Gasteiger partial charge is 0.191 e. The Bertz CT molecular complexity index is 395. The summed E-state index contributed by atoms with van der Waals surface area (Å²) in [6.45, 7) is 19.1. The lowest BCUT2D eigenvalue weighted by Crippen LogP contribution is -2.40. The molecule has 0 aliphatic heterocycles. The van der Waals surface area contributed by atoms with Crippen molar-refractivity contribution in [3.63, 3.8) is 0 Å². The summed E-state index contributed by atoms with van der Waals surface area (Å²) >= 11 is 0. The van der Waals surface area contributed by atoms with Crippen molar-refractivity contribution in [2.75, 3.05) is 6.61 Å². The van der Waals surface area contributed by atoms with Crippen molar-refractivity contribution in [2.45, 2.75) is 110 Å². The molecule has 0 aliphatic carbocycles. The minimum Gasteiger partial charge on any atom is -0.417 e. The molecule has 0 aliphatic rings. The first-order valence-electron chi connectivity index (χ1n) is 9.70. The van der Waals surface area contributed by atoms with Crippen LogP contribution >= 0.6 is 0 Å². The maximum absolute atomic E-state index is 9.86. The molecule has 2 nitrogen and oxygen atoms in total. The first-order valence-corrected chi connectivity index (χ1v) is 16.1. The molecular formula is C20H42O2Si2. The molecule has 0 spiro atoms. The number of rotatable bonds is 10. The Morgan fingerprint density at radius 2 is 1.38 bits per heavy atom. The molecular weight excluding hydrogens is 328 g/mol. The molecule has 1 N–H and O–H groups in total. The van der Waals surface area contributed by atoms with Gasteiger partial charge in [0.15, 0.2) is 8.32 Å². The average molecular weight is 371 g/mol. The molecule has 0 unspecified atom stereocenters. The van der Waals surface area contributed by atoms with E-state index in [4.69, 9.17) is 4.43 Å². The van der Waals surface area contributed by atoms with Crippen LogP contribution in [0.5, 0.6) is 0 Å².